The van der Waals surface area contributed by atoms with E-state index in [9.17, 15) is 9.18 Å². The van der Waals surface area contributed by atoms with Crippen molar-refractivity contribution in [3.05, 3.63) is 41.3 Å². The Morgan fingerprint density at radius 3 is 2.50 bits per heavy atom. The molecule has 4 heterocycles. The predicted molar refractivity (Wildman–Crippen MR) is 104 cm³/mol. The molecule has 6 heteroatoms. The van der Waals surface area contributed by atoms with E-state index in [1.165, 1.54) is 24.1 Å². The minimum absolute atomic E-state index is 0.0471. The zero-order chi connectivity index (χ0) is 18.8. The van der Waals surface area contributed by atoms with Crippen molar-refractivity contribution in [1.29, 1.82) is 0 Å². The molecule has 7 rings (SSSR count). The van der Waals surface area contributed by atoms with Crippen LogP contribution in [-0.4, -0.2) is 57.8 Å². The van der Waals surface area contributed by atoms with Gasteiger partial charge in [0, 0.05) is 49.3 Å². The normalized spacial score (nSPS) is 30.5. The number of hydrogen-bond acceptors (Lipinski definition) is 3. The highest BCUT2D eigenvalue weighted by molar-refractivity contribution is 5.81. The molecule has 0 unspecified atom stereocenters. The molecule has 4 fully saturated rings. The summed E-state index contributed by atoms with van der Waals surface area (Å²) in [5.41, 5.74) is 4.19. The molecule has 4 bridgehead atoms. The van der Waals surface area contributed by atoms with E-state index in [2.05, 4.69) is 9.80 Å². The Hall–Kier alpha value is -2.21. The molecule has 3 saturated heterocycles. The third-order valence-corrected chi connectivity index (χ3v) is 7.39. The van der Waals surface area contributed by atoms with Crippen molar-refractivity contribution >= 4 is 6.03 Å². The lowest BCUT2D eigenvalue weighted by Gasteiger charge is -2.31. The van der Waals surface area contributed by atoms with Crippen molar-refractivity contribution in [1.82, 2.24) is 19.6 Å². The first-order valence-electron chi connectivity index (χ1n) is 10.6. The fourth-order valence-corrected chi connectivity index (χ4v) is 5.96. The van der Waals surface area contributed by atoms with Crippen molar-refractivity contribution in [2.45, 2.75) is 50.0 Å². The second kappa shape index (κ2) is 6.14. The lowest BCUT2D eigenvalue weighted by atomic mass is 9.93. The van der Waals surface area contributed by atoms with E-state index in [1.807, 2.05) is 0 Å². The molecule has 2 atom stereocenters. The number of halogens is 1. The number of benzene rings is 1. The summed E-state index contributed by atoms with van der Waals surface area (Å²) in [4.78, 5) is 18.2. The molecule has 28 heavy (non-hydrogen) atoms. The van der Waals surface area contributed by atoms with Gasteiger partial charge >= 0.3 is 6.03 Å². The molecule has 1 aromatic carbocycles. The second-order valence-electron chi connectivity index (χ2n) is 8.82. The van der Waals surface area contributed by atoms with Gasteiger partial charge in [-0.1, -0.05) is 0 Å². The number of piperidine rings is 1. The van der Waals surface area contributed by atoms with E-state index < -0.39 is 0 Å². The minimum Gasteiger partial charge on any atom is -0.318 e. The zero-order valence-electron chi connectivity index (χ0n) is 16.0. The lowest BCUT2D eigenvalue weighted by molar-refractivity contribution is 0.168. The van der Waals surface area contributed by atoms with Crippen LogP contribution >= 0.6 is 0 Å². The standard InChI is InChI=1S/C22H25FN4O/c23-17-5-3-14(4-6-17)20-19-15-1-2-16(13-15)21(19)27(24-20)22(28)26-12-11-25-9-7-18(26)8-10-25/h3-6,15-16,18H,1-2,7-13H2/t15-,16-/m0/s1. The quantitative estimate of drug-likeness (QED) is 0.756. The van der Waals surface area contributed by atoms with Crippen LogP contribution in [0.25, 0.3) is 11.3 Å². The number of carbonyl (C=O) groups is 1. The average Bonchev–Trinajstić information content (AvgIpc) is 3.35. The third-order valence-electron chi connectivity index (χ3n) is 7.39. The first-order chi connectivity index (χ1) is 13.7. The van der Waals surface area contributed by atoms with Crippen molar-refractivity contribution < 1.29 is 9.18 Å². The van der Waals surface area contributed by atoms with Crippen LogP contribution in [0.2, 0.25) is 0 Å². The van der Waals surface area contributed by atoms with Gasteiger partial charge in [-0.25, -0.2) is 9.18 Å². The van der Waals surface area contributed by atoms with Crippen molar-refractivity contribution in [3.8, 4) is 11.3 Å². The minimum atomic E-state index is -0.243. The molecule has 1 saturated carbocycles. The zero-order valence-corrected chi connectivity index (χ0v) is 16.0. The fraction of sp³-hybridized carbons (Fsp3) is 0.545. The average molecular weight is 380 g/mol. The van der Waals surface area contributed by atoms with Gasteiger partial charge in [-0.2, -0.15) is 9.78 Å². The molecule has 1 aromatic heterocycles. The van der Waals surface area contributed by atoms with Crippen LogP contribution in [0, 0.1) is 5.82 Å². The molecule has 2 aromatic rings. The number of carbonyl (C=O) groups excluding carboxylic acids is 1. The maximum Gasteiger partial charge on any atom is 0.345 e. The largest absolute Gasteiger partial charge is 0.345 e. The van der Waals surface area contributed by atoms with Gasteiger partial charge in [0.25, 0.3) is 0 Å². The highest BCUT2D eigenvalue weighted by atomic mass is 19.1. The van der Waals surface area contributed by atoms with Crippen LogP contribution in [-0.2, 0) is 0 Å². The fourth-order valence-electron chi connectivity index (χ4n) is 5.96. The summed E-state index contributed by atoms with van der Waals surface area (Å²) in [5.74, 6) is 0.693. The summed E-state index contributed by atoms with van der Waals surface area (Å²) in [6, 6.07) is 6.93. The SMILES string of the molecule is O=C(N1CCN2CCC1CC2)n1nc(-c2ccc(F)cc2)c2c1[C@H]1CC[C@H]2C1. The van der Waals surface area contributed by atoms with E-state index in [0.717, 1.165) is 68.8 Å². The summed E-state index contributed by atoms with van der Waals surface area (Å²) >= 11 is 0. The van der Waals surface area contributed by atoms with Crippen LogP contribution in [0.15, 0.2) is 24.3 Å². The summed E-state index contributed by atoms with van der Waals surface area (Å²) in [6.07, 6.45) is 5.58. The molecule has 5 aliphatic rings. The van der Waals surface area contributed by atoms with Gasteiger partial charge in [-0.15, -0.1) is 0 Å². The van der Waals surface area contributed by atoms with Gasteiger partial charge in [0.15, 0.2) is 0 Å². The second-order valence-corrected chi connectivity index (χ2v) is 8.82. The molecule has 5 nitrogen and oxygen atoms in total. The van der Waals surface area contributed by atoms with Crippen molar-refractivity contribution in [3.63, 3.8) is 0 Å². The van der Waals surface area contributed by atoms with Crippen molar-refractivity contribution in [2.75, 3.05) is 26.2 Å². The molecule has 0 N–H and O–H groups in total. The summed E-state index contributed by atoms with van der Waals surface area (Å²) in [5, 5.41) is 4.85. The molecule has 0 spiro atoms. The van der Waals surface area contributed by atoms with Crippen LogP contribution in [0.1, 0.15) is 55.2 Å². The first-order valence-corrected chi connectivity index (χ1v) is 10.6. The summed E-state index contributed by atoms with van der Waals surface area (Å²) in [6.45, 7) is 3.94. The Morgan fingerprint density at radius 2 is 1.71 bits per heavy atom. The number of aromatic nitrogens is 2. The Bertz CT molecular complexity index is 929. The van der Waals surface area contributed by atoms with Crippen LogP contribution in [0.3, 0.4) is 0 Å². The van der Waals surface area contributed by atoms with E-state index in [1.54, 1.807) is 16.8 Å². The van der Waals surface area contributed by atoms with Crippen molar-refractivity contribution in [2.24, 2.45) is 0 Å². The molecule has 2 aliphatic carbocycles. The van der Waals surface area contributed by atoms with Crippen LogP contribution in [0.4, 0.5) is 9.18 Å². The summed E-state index contributed by atoms with van der Waals surface area (Å²) in [7, 11) is 0. The van der Waals surface area contributed by atoms with E-state index in [0.29, 0.717) is 17.9 Å². The van der Waals surface area contributed by atoms with Gasteiger partial charge < -0.3 is 9.80 Å². The molecular weight excluding hydrogens is 355 g/mol. The van der Waals surface area contributed by atoms with Crippen LogP contribution in [0.5, 0.6) is 0 Å². The maximum atomic E-state index is 13.6. The number of fused-ring (bicyclic) bond motifs is 9. The van der Waals surface area contributed by atoms with E-state index >= 15 is 0 Å². The number of hydrogen-bond donors (Lipinski definition) is 0. The van der Waals surface area contributed by atoms with Gasteiger partial charge in [-0.05, 0) is 62.3 Å². The molecule has 1 amide bonds. The van der Waals surface area contributed by atoms with Gasteiger partial charge in [0.2, 0.25) is 0 Å². The third kappa shape index (κ3) is 2.40. The first kappa shape index (κ1) is 16.7. The highest BCUT2D eigenvalue weighted by Crippen LogP contribution is 2.55. The van der Waals surface area contributed by atoms with Crippen LogP contribution < -0.4 is 0 Å². The topological polar surface area (TPSA) is 41.4 Å². The maximum absolute atomic E-state index is 13.6. The number of nitrogens with zero attached hydrogens (tertiary/aromatic N) is 4. The predicted octanol–water partition coefficient (Wildman–Crippen LogP) is 3.80. The van der Waals surface area contributed by atoms with E-state index in [-0.39, 0.29) is 11.8 Å². The Labute approximate surface area is 164 Å². The lowest BCUT2D eigenvalue weighted by Crippen LogP contribution is -2.44. The molecular formula is C22H25FN4O. The Kier molecular flexibility index (Phi) is 3.67. The molecule has 0 radical (unpaired) electrons. The Balaban J connectivity index is 1.44. The monoisotopic (exact) mass is 380 g/mol. The van der Waals surface area contributed by atoms with E-state index in [4.69, 9.17) is 5.10 Å². The highest BCUT2D eigenvalue weighted by Gasteiger charge is 2.45. The van der Waals surface area contributed by atoms with Gasteiger partial charge in [0.1, 0.15) is 5.82 Å². The number of rotatable bonds is 1. The number of amides is 1. The van der Waals surface area contributed by atoms with Gasteiger partial charge in [-0.3, -0.25) is 0 Å². The smallest absolute Gasteiger partial charge is 0.318 e. The summed E-state index contributed by atoms with van der Waals surface area (Å²) < 4.78 is 15.2. The van der Waals surface area contributed by atoms with Gasteiger partial charge in [0.05, 0.1) is 11.4 Å². The molecule has 3 aliphatic heterocycles. The molecule has 146 valence electrons. The Morgan fingerprint density at radius 1 is 0.964 bits per heavy atom.